The summed E-state index contributed by atoms with van der Waals surface area (Å²) < 4.78 is 29.6. The fraction of sp³-hybridized carbons (Fsp3) is 0.316. The van der Waals surface area contributed by atoms with Gasteiger partial charge in [-0.2, -0.15) is 0 Å². The topological polar surface area (TPSA) is 75.7 Å². The first kappa shape index (κ1) is 19.9. The Balaban J connectivity index is 1.89. The number of aryl methyl sites for hydroxylation is 2. The first-order chi connectivity index (χ1) is 12.1. The molecule has 0 aromatic heterocycles. The highest BCUT2D eigenvalue weighted by Crippen LogP contribution is 2.17. The SMILES string of the molecule is Cc1ccc(C)c(NC(=O)COc2ccc(CN(C)S(C)(=O)=O)cc2)c1. The van der Waals surface area contributed by atoms with Crippen molar-refractivity contribution in [3.63, 3.8) is 0 Å². The fourth-order valence-electron chi connectivity index (χ4n) is 2.27. The minimum Gasteiger partial charge on any atom is -0.484 e. The molecule has 0 fully saturated rings. The van der Waals surface area contributed by atoms with Crippen molar-refractivity contribution in [2.45, 2.75) is 20.4 Å². The molecule has 0 aliphatic heterocycles. The minimum atomic E-state index is -3.22. The summed E-state index contributed by atoms with van der Waals surface area (Å²) in [6, 6.07) is 12.9. The van der Waals surface area contributed by atoms with Crippen LogP contribution in [0.15, 0.2) is 42.5 Å². The molecular weight excluding hydrogens is 352 g/mol. The number of nitrogens with zero attached hydrogens (tertiary/aromatic N) is 1. The van der Waals surface area contributed by atoms with E-state index in [9.17, 15) is 13.2 Å². The molecule has 2 aromatic carbocycles. The highest BCUT2D eigenvalue weighted by atomic mass is 32.2. The maximum absolute atomic E-state index is 12.1. The van der Waals surface area contributed by atoms with Gasteiger partial charge in [0.2, 0.25) is 10.0 Å². The first-order valence-corrected chi connectivity index (χ1v) is 10.00. The molecule has 2 rings (SSSR count). The summed E-state index contributed by atoms with van der Waals surface area (Å²) in [4.78, 5) is 12.1. The second kappa shape index (κ2) is 8.33. The minimum absolute atomic E-state index is 0.101. The Morgan fingerprint density at radius 2 is 1.77 bits per heavy atom. The van der Waals surface area contributed by atoms with Gasteiger partial charge in [0.05, 0.1) is 6.26 Å². The Morgan fingerprint density at radius 1 is 1.12 bits per heavy atom. The quantitative estimate of drug-likeness (QED) is 0.806. The fourth-order valence-corrected chi connectivity index (χ4v) is 2.65. The Bertz CT molecular complexity index is 877. The Labute approximate surface area is 154 Å². The lowest BCUT2D eigenvalue weighted by molar-refractivity contribution is -0.118. The molecule has 0 atom stereocenters. The third-order valence-corrected chi connectivity index (χ3v) is 5.19. The normalized spacial score (nSPS) is 11.4. The molecule has 0 saturated carbocycles. The van der Waals surface area contributed by atoms with Crippen LogP contribution in [0.25, 0.3) is 0 Å². The summed E-state index contributed by atoms with van der Waals surface area (Å²) in [5, 5.41) is 2.84. The third kappa shape index (κ3) is 5.86. The maximum atomic E-state index is 12.1. The molecule has 140 valence electrons. The summed E-state index contributed by atoms with van der Waals surface area (Å²) in [5.74, 6) is 0.312. The van der Waals surface area contributed by atoms with Crippen molar-refractivity contribution in [2.24, 2.45) is 0 Å². The smallest absolute Gasteiger partial charge is 0.262 e. The van der Waals surface area contributed by atoms with Crippen LogP contribution < -0.4 is 10.1 Å². The van der Waals surface area contributed by atoms with Crippen LogP contribution in [0.4, 0.5) is 5.69 Å². The van der Waals surface area contributed by atoms with E-state index < -0.39 is 10.0 Å². The third-order valence-electron chi connectivity index (χ3n) is 3.93. The molecule has 26 heavy (non-hydrogen) atoms. The van der Waals surface area contributed by atoms with Gasteiger partial charge in [-0.15, -0.1) is 0 Å². The van der Waals surface area contributed by atoms with Crippen molar-refractivity contribution < 1.29 is 17.9 Å². The molecule has 0 radical (unpaired) electrons. The van der Waals surface area contributed by atoms with Crippen molar-refractivity contribution in [3.8, 4) is 5.75 Å². The lowest BCUT2D eigenvalue weighted by Gasteiger charge is -2.14. The van der Waals surface area contributed by atoms with E-state index in [4.69, 9.17) is 4.74 Å². The van der Waals surface area contributed by atoms with E-state index in [-0.39, 0.29) is 19.1 Å². The summed E-state index contributed by atoms with van der Waals surface area (Å²) in [6.45, 7) is 4.08. The predicted molar refractivity (Wildman–Crippen MR) is 103 cm³/mol. The second-order valence-electron chi connectivity index (χ2n) is 6.32. The van der Waals surface area contributed by atoms with Crippen molar-refractivity contribution in [2.75, 3.05) is 25.2 Å². The van der Waals surface area contributed by atoms with E-state index in [2.05, 4.69) is 5.32 Å². The number of ether oxygens (including phenoxy) is 1. The van der Waals surface area contributed by atoms with E-state index in [0.29, 0.717) is 5.75 Å². The van der Waals surface area contributed by atoms with Gasteiger partial charge in [-0.25, -0.2) is 12.7 Å². The van der Waals surface area contributed by atoms with Gasteiger partial charge in [-0.05, 0) is 48.7 Å². The van der Waals surface area contributed by atoms with Crippen molar-refractivity contribution in [1.82, 2.24) is 4.31 Å². The van der Waals surface area contributed by atoms with Crippen LogP contribution in [0, 0.1) is 13.8 Å². The highest BCUT2D eigenvalue weighted by molar-refractivity contribution is 7.88. The van der Waals surface area contributed by atoms with E-state index >= 15 is 0 Å². The molecule has 0 unspecified atom stereocenters. The molecule has 0 spiro atoms. The molecule has 0 saturated heterocycles. The van der Waals surface area contributed by atoms with E-state index in [0.717, 1.165) is 22.4 Å². The number of hydrogen-bond donors (Lipinski definition) is 1. The second-order valence-corrected chi connectivity index (χ2v) is 8.41. The Kier molecular flexibility index (Phi) is 6.39. The monoisotopic (exact) mass is 376 g/mol. The van der Waals surface area contributed by atoms with Gasteiger partial charge < -0.3 is 10.1 Å². The van der Waals surface area contributed by atoms with Gasteiger partial charge in [0.1, 0.15) is 5.75 Å². The molecule has 0 aliphatic carbocycles. The van der Waals surface area contributed by atoms with Crippen LogP contribution in [0.3, 0.4) is 0 Å². The average Bonchev–Trinajstić information content (AvgIpc) is 2.56. The predicted octanol–water partition coefficient (Wildman–Crippen LogP) is 2.71. The molecule has 1 amide bonds. The zero-order valence-corrected chi connectivity index (χ0v) is 16.3. The van der Waals surface area contributed by atoms with Crippen LogP contribution in [0.5, 0.6) is 5.75 Å². The molecule has 0 heterocycles. The Morgan fingerprint density at radius 3 is 2.38 bits per heavy atom. The number of nitrogens with one attached hydrogen (secondary N) is 1. The van der Waals surface area contributed by atoms with Gasteiger partial charge in [0, 0.05) is 19.3 Å². The van der Waals surface area contributed by atoms with Crippen LogP contribution in [0.1, 0.15) is 16.7 Å². The molecule has 0 bridgehead atoms. The van der Waals surface area contributed by atoms with Gasteiger partial charge in [-0.1, -0.05) is 24.3 Å². The van der Waals surface area contributed by atoms with Crippen LogP contribution in [0.2, 0.25) is 0 Å². The van der Waals surface area contributed by atoms with Gasteiger partial charge in [0.25, 0.3) is 5.91 Å². The Hall–Kier alpha value is -2.38. The van der Waals surface area contributed by atoms with Crippen molar-refractivity contribution in [1.29, 1.82) is 0 Å². The van der Waals surface area contributed by atoms with E-state index in [1.54, 1.807) is 24.3 Å². The average molecular weight is 376 g/mol. The number of hydrogen-bond acceptors (Lipinski definition) is 4. The van der Waals surface area contributed by atoms with Crippen LogP contribution in [-0.4, -0.2) is 38.5 Å². The number of carbonyl (C=O) groups excluding carboxylic acids is 1. The summed E-state index contributed by atoms with van der Waals surface area (Å²) in [5.41, 5.74) is 3.67. The van der Waals surface area contributed by atoms with Gasteiger partial charge in [-0.3, -0.25) is 4.79 Å². The molecule has 1 N–H and O–H groups in total. The molecule has 7 heteroatoms. The first-order valence-electron chi connectivity index (χ1n) is 8.15. The molecule has 2 aromatic rings. The molecular formula is C19H24N2O4S. The number of benzene rings is 2. The molecule has 0 aliphatic rings. The highest BCUT2D eigenvalue weighted by Gasteiger charge is 2.11. The maximum Gasteiger partial charge on any atom is 0.262 e. The van der Waals surface area contributed by atoms with Gasteiger partial charge >= 0.3 is 0 Å². The molecule has 6 nitrogen and oxygen atoms in total. The summed E-state index contributed by atoms with van der Waals surface area (Å²) in [7, 11) is -1.69. The number of anilines is 1. The van der Waals surface area contributed by atoms with Gasteiger partial charge in [0.15, 0.2) is 6.61 Å². The lowest BCUT2D eigenvalue weighted by atomic mass is 10.1. The number of rotatable bonds is 7. The zero-order valence-electron chi connectivity index (χ0n) is 15.4. The zero-order chi connectivity index (χ0) is 19.3. The van der Waals surface area contributed by atoms with Crippen molar-refractivity contribution in [3.05, 3.63) is 59.2 Å². The van der Waals surface area contributed by atoms with E-state index in [1.165, 1.54) is 17.6 Å². The standard InChI is InChI=1S/C19H24N2O4S/c1-14-5-6-15(2)18(11-14)20-19(22)13-25-17-9-7-16(8-10-17)12-21(3)26(4,23)24/h5-11H,12-13H2,1-4H3,(H,20,22). The number of sulfonamides is 1. The largest absolute Gasteiger partial charge is 0.484 e. The number of carbonyl (C=O) groups is 1. The van der Waals surface area contributed by atoms with E-state index in [1.807, 2.05) is 32.0 Å². The van der Waals surface area contributed by atoms with Crippen LogP contribution in [-0.2, 0) is 21.4 Å². The van der Waals surface area contributed by atoms with Crippen molar-refractivity contribution >= 4 is 21.6 Å². The van der Waals surface area contributed by atoms with Crippen LogP contribution >= 0.6 is 0 Å². The lowest BCUT2D eigenvalue weighted by Crippen LogP contribution is -2.24. The number of amides is 1. The summed E-state index contributed by atoms with van der Waals surface area (Å²) in [6.07, 6.45) is 1.17. The summed E-state index contributed by atoms with van der Waals surface area (Å²) >= 11 is 0.